The van der Waals surface area contributed by atoms with E-state index in [0.717, 1.165) is 48.1 Å². The maximum Gasteiger partial charge on any atom is 0.256 e. The SMILES string of the molecule is O=C(Nc1ccccn1)c1ccc(-c2nn([C@@H]3CCCNC3)c3c(Cl)cncc23)cc1. The minimum atomic E-state index is -0.210. The summed E-state index contributed by atoms with van der Waals surface area (Å²) in [5.74, 6) is 0.307. The number of fused-ring (bicyclic) bond motifs is 1. The van der Waals surface area contributed by atoms with Crippen molar-refractivity contribution in [3.05, 3.63) is 71.6 Å². The van der Waals surface area contributed by atoms with E-state index in [4.69, 9.17) is 16.7 Å². The van der Waals surface area contributed by atoms with E-state index in [0.29, 0.717) is 16.4 Å². The number of carbonyl (C=O) groups excluding carboxylic acids is 1. The van der Waals surface area contributed by atoms with Gasteiger partial charge in [0, 0.05) is 41.6 Å². The number of halogens is 1. The first-order chi connectivity index (χ1) is 15.2. The summed E-state index contributed by atoms with van der Waals surface area (Å²) in [5.41, 5.74) is 3.17. The van der Waals surface area contributed by atoms with Crippen LogP contribution in [0, 0.1) is 0 Å². The molecule has 3 aromatic heterocycles. The molecule has 1 amide bonds. The fraction of sp³-hybridized carbons (Fsp3) is 0.217. The third-order valence-corrected chi connectivity index (χ3v) is 5.79. The fourth-order valence-corrected chi connectivity index (χ4v) is 4.21. The number of aromatic nitrogens is 4. The Hall–Kier alpha value is -3.29. The molecule has 0 aliphatic carbocycles. The van der Waals surface area contributed by atoms with Gasteiger partial charge >= 0.3 is 0 Å². The van der Waals surface area contributed by atoms with Gasteiger partial charge in [0.2, 0.25) is 0 Å². The van der Waals surface area contributed by atoms with Gasteiger partial charge in [0.25, 0.3) is 5.91 Å². The summed E-state index contributed by atoms with van der Waals surface area (Å²) < 4.78 is 2.03. The van der Waals surface area contributed by atoms with Crippen LogP contribution in [0.3, 0.4) is 0 Å². The normalized spacial score (nSPS) is 16.4. The molecule has 1 saturated heterocycles. The minimum Gasteiger partial charge on any atom is -0.315 e. The number of hydrogen-bond acceptors (Lipinski definition) is 5. The number of amides is 1. The Morgan fingerprint density at radius 3 is 2.77 bits per heavy atom. The van der Waals surface area contributed by atoms with Crippen LogP contribution in [-0.2, 0) is 0 Å². The van der Waals surface area contributed by atoms with E-state index in [1.165, 1.54) is 0 Å². The van der Waals surface area contributed by atoms with E-state index in [2.05, 4.69) is 20.6 Å². The van der Waals surface area contributed by atoms with E-state index in [9.17, 15) is 4.79 Å². The van der Waals surface area contributed by atoms with Crippen molar-refractivity contribution in [2.24, 2.45) is 0 Å². The number of anilines is 1. The van der Waals surface area contributed by atoms with Gasteiger partial charge in [-0.25, -0.2) is 4.98 Å². The second-order valence-corrected chi connectivity index (χ2v) is 7.96. The van der Waals surface area contributed by atoms with Gasteiger partial charge < -0.3 is 10.6 Å². The third kappa shape index (κ3) is 3.89. The zero-order valence-electron chi connectivity index (χ0n) is 16.8. The van der Waals surface area contributed by atoms with Gasteiger partial charge in [-0.2, -0.15) is 5.10 Å². The molecule has 8 heteroatoms. The summed E-state index contributed by atoms with van der Waals surface area (Å²) in [7, 11) is 0. The van der Waals surface area contributed by atoms with Crippen LogP contribution in [0.5, 0.6) is 0 Å². The van der Waals surface area contributed by atoms with E-state index in [-0.39, 0.29) is 11.9 Å². The highest BCUT2D eigenvalue weighted by Crippen LogP contribution is 2.34. The summed E-state index contributed by atoms with van der Waals surface area (Å²) >= 11 is 6.52. The zero-order valence-corrected chi connectivity index (χ0v) is 17.5. The summed E-state index contributed by atoms with van der Waals surface area (Å²) in [6.07, 6.45) is 7.25. The molecule has 2 N–H and O–H groups in total. The summed E-state index contributed by atoms with van der Waals surface area (Å²) in [6, 6.07) is 13.0. The van der Waals surface area contributed by atoms with Crippen LogP contribution < -0.4 is 10.6 Å². The van der Waals surface area contributed by atoms with E-state index < -0.39 is 0 Å². The lowest BCUT2D eigenvalue weighted by molar-refractivity contribution is 0.102. The largest absolute Gasteiger partial charge is 0.315 e. The van der Waals surface area contributed by atoms with Crippen molar-refractivity contribution in [3.8, 4) is 11.3 Å². The van der Waals surface area contributed by atoms with Crippen LogP contribution in [-0.4, -0.2) is 38.7 Å². The standard InChI is InChI=1S/C23H21ClN6O/c24-19-14-26-13-18-21(29-30(22(18)19)17-4-3-10-25-12-17)15-6-8-16(9-7-15)23(31)28-20-5-1-2-11-27-20/h1-2,5-9,11,13-14,17,25H,3-4,10,12H2,(H,27,28,31)/t17-/m1/s1. The van der Waals surface area contributed by atoms with Crippen molar-refractivity contribution in [1.29, 1.82) is 0 Å². The molecular formula is C23H21ClN6O. The maximum atomic E-state index is 12.5. The number of hydrogen-bond donors (Lipinski definition) is 2. The molecule has 0 spiro atoms. The summed E-state index contributed by atoms with van der Waals surface area (Å²) in [4.78, 5) is 20.9. The van der Waals surface area contributed by atoms with Gasteiger partial charge in [-0.05, 0) is 43.7 Å². The lowest BCUT2D eigenvalue weighted by Crippen LogP contribution is -2.32. The van der Waals surface area contributed by atoms with Gasteiger partial charge in [0.05, 0.1) is 16.6 Å². The van der Waals surface area contributed by atoms with Gasteiger partial charge in [0.1, 0.15) is 11.5 Å². The monoisotopic (exact) mass is 432 g/mol. The molecule has 4 heterocycles. The van der Waals surface area contributed by atoms with E-state index >= 15 is 0 Å². The molecule has 1 aliphatic heterocycles. The summed E-state index contributed by atoms with van der Waals surface area (Å²) in [5, 5.41) is 12.7. The number of rotatable bonds is 4. The predicted octanol–water partition coefficient (Wildman–Crippen LogP) is 4.32. The van der Waals surface area contributed by atoms with Gasteiger partial charge in [-0.3, -0.25) is 14.5 Å². The lowest BCUT2D eigenvalue weighted by atomic mass is 10.1. The smallest absolute Gasteiger partial charge is 0.256 e. The predicted molar refractivity (Wildman–Crippen MR) is 121 cm³/mol. The Morgan fingerprint density at radius 1 is 1.16 bits per heavy atom. The quantitative estimate of drug-likeness (QED) is 0.501. The van der Waals surface area contributed by atoms with Crippen molar-refractivity contribution >= 4 is 34.2 Å². The molecule has 0 bridgehead atoms. The van der Waals surface area contributed by atoms with Crippen LogP contribution in [0.1, 0.15) is 29.2 Å². The van der Waals surface area contributed by atoms with Gasteiger partial charge in [-0.1, -0.05) is 29.8 Å². The van der Waals surface area contributed by atoms with Crippen molar-refractivity contribution in [1.82, 2.24) is 25.1 Å². The third-order valence-electron chi connectivity index (χ3n) is 5.51. The molecule has 156 valence electrons. The molecule has 1 aromatic carbocycles. The maximum absolute atomic E-state index is 12.5. The number of nitrogens with one attached hydrogen (secondary N) is 2. The zero-order chi connectivity index (χ0) is 21.2. The lowest BCUT2D eigenvalue weighted by Gasteiger charge is -2.24. The average Bonchev–Trinajstić information content (AvgIpc) is 3.21. The minimum absolute atomic E-state index is 0.210. The molecule has 31 heavy (non-hydrogen) atoms. The first-order valence-corrected chi connectivity index (χ1v) is 10.6. The second kappa shape index (κ2) is 8.45. The van der Waals surface area contributed by atoms with Crippen LogP contribution in [0.15, 0.2) is 61.1 Å². The molecule has 4 aromatic rings. The molecule has 0 saturated carbocycles. The highest BCUT2D eigenvalue weighted by atomic mass is 35.5. The van der Waals surface area contributed by atoms with E-state index in [1.807, 2.05) is 22.9 Å². The van der Waals surface area contributed by atoms with Crippen LogP contribution in [0.2, 0.25) is 5.02 Å². The van der Waals surface area contributed by atoms with Crippen LogP contribution in [0.25, 0.3) is 22.2 Å². The number of piperidine rings is 1. The molecule has 5 rings (SSSR count). The Balaban J connectivity index is 1.48. The van der Waals surface area contributed by atoms with Crippen molar-refractivity contribution in [2.45, 2.75) is 18.9 Å². The molecular weight excluding hydrogens is 412 g/mol. The summed E-state index contributed by atoms with van der Waals surface area (Å²) in [6.45, 7) is 1.89. The van der Waals surface area contributed by atoms with E-state index in [1.54, 1.807) is 42.9 Å². The van der Waals surface area contributed by atoms with Crippen molar-refractivity contribution < 1.29 is 4.79 Å². The number of carbonyl (C=O) groups is 1. The molecule has 1 aliphatic rings. The number of benzene rings is 1. The topological polar surface area (TPSA) is 84.7 Å². The highest BCUT2D eigenvalue weighted by Gasteiger charge is 2.23. The molecule has 1 fully saturated rings. The fourth-order valence-electron chi connectivity index (χ4n) is 3.97. The molecule has 0 unspecified atom stereocenters. The second-order valence-electron chi connectivity index (χ2n) is 7.56. The first-order valence-electron chi connectivity index (χ1n) is 10.3. The average molecular weight is 433 g/mol. The van der Waals surface area contributed by atoms with Crippen LogP contribution in [0.4, 0.5) is 5.82 Å². The Labute approximate surface area is 184 Å². The molecule has 7 nitrogen and oxygen atoms in total. The Bertz CT molecular complexity index is 1220. The highest BCUT2D eigenvalue weighted by molar-refractivity contribution is 6.35. The van der Waals surface area contributed by atoms with Crippen molar-refractivity contribution in [3.63, 3.8) is 0 Å². The Morgan fingerprint density at radius 2 is 2.03 bits per heavy atom. The number of pyridine rings is 2. The number of nitrogens with zero attached hydrogens (tertiary/aromatic N) is 4. The first kappa shape index (κ1) is 19.7. The van der Waals surface area contributed by atoms with Gasteiger partial charge in [0.15, 0.2) is 0 Å². The van der Waals surface area contributed by atoms with Crippen LogP contribution >= 0.6 is 11.6 Å². The van der Waals surface area contributed by atoms with Crippen molar-refractivity contribution in [2.75, 3.05) is 18.4 Å². The Kier molecular flexibility index (Phi) is 5.36. The molecule has 0 radical (unpaired) electrons. The molecule has 1 atom stereocenters. The van der Waals surface area contributed by atoms with Gasteiger partial charge in [-0.15, -0.1) is 0 Å².